The summed E-state index contributed by atoms with van der Waals surface area (Å²) in [5.74, 6) is -4.07. The minimum absolute atomic E-state index is 0.0111. The summed E-state index contributed by atoms with van der Waals surface area (Å²) in [4.78, 5) is 66.8. The van der Waals surface area contributed by atoms with Gasteiger partial charge in [-0.3, -0.25) is 14.5 Å². The van der Waals surface area contributed by atoms with Crippen molar-refractivity contribution in [2.75, 3.05) is 12.4 Å². The molecule has 36 heavy (non-hydrogen) atoms. The Morgan fingerprint density at radius 2 is 2.00 bits per heavy atom. The van der Waals surface area contributed by atoms with E-state index in [1.165, 1.54) is 18.4 Å². The number of carbonyl (C=O) groups excluding carboxylic acids is 3. The van der Waals surface area contributed by atoms with Crippen molar-refractivity contribution in [3.8, 4) is 0 Å². The van der Waals surface area contributed by atoms with Crippen molar-refractivity contribution < 1.29 is 48.2 Å². The molecule has 2 fully saturated rings. The van der Waals surface area contributed by atoms with Crippen molar-refractivity contribution in [3.05, 3.63) is 35.4 Å². The minimum Gasteiger partial charge on any atom is -0.478 e. The van der Waals surface area contributed by atoms with Crippen LogP contribution in [0.4, 0.5) is 4.79 Å². The average Bonchev–Trinajstić information content (AvgIpc) is 3.54. The molecule has 0 aromatic carbocycles. The van der Waals surface area contributed by atoms with Gasteiger partial charge in [0.2, 0.25) is 11.3 Å². The highest BCUT2D eigenvalue weighted by Crippen LogP contribution is 2.40. The molecule has 3 aliphatic rings. The summed E-state index contributed by atoms with van der Waals surface area (Å²) in [6.45, 7) is -0.393. The molecule has 14 nitrogen and oxygen atoms in total. The number of nitrogens with two attached hydrogens (primary N) is 1. The van der Waals surface area contributed by atoms with Gasteiger partial charge in [0, 0.05) is 24.2 Å². The van der Waals surface area contributed by atoms with Crippen molar-refractivity contribution in [2.45, 2.75) is 42.7 Å². The van der Waals surface area contributed by atoms with E-state index in [-0.39, 0.29) is 41.3 Å². The molecule has 0 spiro atoms. The van der Waals surface area contributed by atoms with E-state index in [4.69, 9.17) is 15.0 Å². The molecule has 1 aromatic heterocycles. The number of aliphatic carboxylic acids is 2. The number of amides is 3. The van der Waals surface area contributed by atoms with Crippen molar-refractivity contribution in [3.63, 3.8) is 0 Å². The van der Waals surface area contributed by atoms with Gasteiger partial charge in [0.05, 0.1) is 6.26 Å². The van der Waals surface area contributed by atoms with Gasteiger partial charge in [-0.1, -0.05) is 5.16 Å². The maximum absolute atomic E-state index is 13.1. The zero-order valence-corrected chi connectivity index (χ0v) is 19.5. The molecule has 0 bridgehead atoms. The molecule has 15 heteroatoms. The highest BCUT2D eigenvalue weighted by molar-refractivity contribution is 8.00. The fraction of sp³-hybridized carbons (Fsp3) is 0.429. The summed E-state index contributed by atoms with van der Waals surface area (Å²) in [6, 6.07) is 1.81. The molecule has 1 saturated carbocycles. The number of nitrogens with one attached hydrogen (secondary N) is 1. The van der Waals surface area contributed by atoms with Crippen LogP contribution in [-0.4, -0.2) is 80.0 Å². The standard InChI is InChI=1S/C21H22N4O10S/c22-20(32)34-8-10-9-36-17-13(16(27)25(17)14(10)18(28)29)23-15(26)12(11-4-3-7-33-11)24-35-21(19(30)31)5-1-2-6-21/h3-4,7,13,17H,1-2,5-6,8-9H2,(H2,22,32)(H,23,26)(H,28,29)(H,30,31)/t13-,17-/m1/s1. The zero-order chi connectivity index (χ0) is 26.0. The number of carboxylic acid groups (broad SMARTS) is 2. The van der Waals surface area contributed by atoms with Gasteiger partial charge >= 0.3 is 18.0 Å². The van der Waals surface area contributed by atoms with E-state index in [1.54, 1.807) is 0 Å². The van der Waals surface area contributed by atoms with Crippen molar-refractivity contribution >= 4 is 47.3 Å². The van der Waals surface area contributed by atoms with E-state index in [0.717, 1.165) is 16.7 Å². The third kappa shape index (κ3) is 4.60. The van der Waals surface area contributed by atoms with Gasteiger partial charge in [0.15, 0.2) is 5.76 Å². The van der Waals surface area contributed by atoms with Crippen LogP contribution in [0.1, 0.15) is 31.4 Å². The predicted molar refractivity (Wildman–Crippen MR) is 120 cm³/mol. The molecule has 4 rings (SSSR count). The lowest BCUT2D eigenvalue weighted by molar-refractivity contribution is -0.165. The van der Waals surface area contributed by atoms with Gasteiger partial charge in [0.25, 0.3) is 11.8 Å². The monoisotopic (exact) mass is 522 g/mol. The Bertz CT molecular complexity index is 1160. The second kappa shape index (κ2) is 9.93. The van der Waals surface area contributed by atoms with Crippen molar-refractivity contribution in [1.82, 2.24) is 10.2 Å². The van der Waals surface area contributed by atoms with Gasteiger partial charge in [0.1, 0.15) is 23.7 Å². The normalized spacial score (nSPS) is 22.9. The maximum atomic E-state index is 13.1. The highest BCUT2D eigenvalue weighted by atomic mass is 32.2. The molecule has 192 valence electrons. The van der Waals surface area contributed by atoms with E-state index in [1.807, 2.05) is 0 Å². The SMILES string of the molecule is NC(=O)OCC1=C(C(=O)O)N2C(=O)[C@@H](NC(=O)C(=NOC3(C(=O)O)CCCC3)c3ccco3)[C@H]2SC1. The lowest BCUT2D eigenvalue weighted by atomic mass is 10.0. The number of oxime groups is 1. The van der Waals surface area contributed by atoms with Crippen LogP contribution in [0.15, 0.2) is 39.2 Å². The van der Waals surface area contributed by atoms with E-state index >= 15 is 0 Å². The molecule has 2 aliphatic heterocycles. The third-order valence-corrected chi connectivity index (χ3v) is 7.35. The number of β-lactam (4-membered cyclic amide) rings is 1. The summed E-state index contributed by atoms with van der Waals surface area (Å²) in [5, 5.41) is 24.8. The number of rotatable bonds is 9. The Hall–Kier alpha value is -4.01. The third-order valence-electron chi connectivity index (χ3n) is 6.01. The predicted octanol–water partition coefficient (Wildman–Crippen LogP) is 0.232. The quantitative estimate of drug-likeness (QED) is 0.196. The Kier molecular flexibility index (Phi) is 6.92. The lowest BCUT2D eigenvalue weighted by Gasteiger charge is -2.49. The molecule has 3 heterocycles. The first-order chi connectivity index (χ1) is 17.1. The van der Waals surface area contributed by atoms with Crippen LogP contribution >= 0.6 is 11.8 Å². The van der Waals surface area contributed by atoms with Crippen LogP contribution in [0.2, 0.25) is 0 Å². The van der Waals surface area contributed by atoms with Gasteiger partial charge in [-0.05, 0) is 25.0 Å². The number of fused-ring (bicyclic) bond motifs is 1. The number of carbonyl (C=O) groups is 5. The Morgan fingerprint density at radius 3 is 2.58 bits per heavy atom. The number of nitrogens with zero attached hydrogens (tertiary/aromatic N) is 2. The molecule has 3 amide bonds. The molecule has 1 saturated heterocycles. The van der Waals surface area contributed by atoms with Crippen LogP contribution in [0.5, 0.6) is 0 Å². The highest BCUT2D eigenvalue weighted by Gasteiger charge is 2.54. The fourth-order valence-corrected chi connectivity index (χ4v) is 5.52. The summed E-state index contributed by atoms with van der Waals surface area (Å²) < 4.78 is 9.92. The Labute approximate surface area is 207 Å². The number of carboxylic acids is 2. The first-order valence-electron chi connectivity index (χ1n) is 10.8. The first kappa shape index (κ1) is 25.1. The molecule has 5 N–H and O–H groups in total. The van der Waals surface area contributed by atoms with Gasteiger partial charge in [-0.2, -0.15) is 0 Å². The van der Waals surface area contributed by atoms with Crippen LogP contribution in [0.25, 0.3) is 0 Å². The Balaban J connectivity index is 1.53. The molecule has 1 aliphatic carbocycles. The van der Waals surface area contributed by atoms with Crippen LogP contribution in [-0.2, 0) is 28.8 Å². The Morgan fingerprint density at radius 1 is 1.28 bits per heavy atom. The van der Waals surface area contributed by atoms with E-state index in [2.05, 4.69) is 15.2 Å². The van der Waals surface area contributed by atoms with Gasteiger partial charge in [-0.25, -0.2) is 14.4 Å². The number of hydrogen-bond donors (Lipinski definition) is 4. The van der Waals surface area contributed by atoms with Crippen LogP contribution in [0.3, 0.4) is 0 Å². The largest absolute Gasteiger partial charge is 0.478 e. The van der Waals surface area contributed by atoms with Crippen molar-refractivity contribution in [2.24, 2.45) is 10.9 Å². The number of furan rings is 1. The van der Waals surface area contributed by atoms with Gasteiger partial charge < -0.3 is 35.3 Å². The number of primary amides is 1. The number of ether oxygens (including phenoxy) is 1. The molecular formula is C21H22N4O10S. The van der Waals surface area contributed by atoms with E-state index < -0.39 is 53.5 Å². The molecule has 2 atom stereocenters. The minimum atomic E-state index is -1.56. The van der Waals surface area contributed by atoms with Crippen LogP contribution in [0, 0.1) is 0 Å². The van der Waals surface area contributed by atoms with Gasteiger partial charge in [-0.15, -0.1) is 11.8 Å². The van der Waals surface area contributed by atoms with Crippen LogP contribution < -0.4 is 11.1 Å². The summed E-state index contributed by atoms with van der Waals surface area (Å²) in [5.41, 5.74) is 2.84. The number of thioether (sulfide) groups is 1. The zero-order valence-electron chi connectivity index (χ0n) is 18.7. The molecular weight excluding hydrogens is 500 g/mol. The lowest BCUT2D eigenvalue weighted by Crippen LogP contribution is -2.71. The smallest absolute Gasteiger partial charge is 0.404 e. The average molecular weight is 522 g/mol. The summed E-state index contributed by atoms with van der Waals surface area (Å²) in [7, 11) is 0. The molecule has 0 radical (unpaired) electrons. The second-order valence-electron chi connectivity index (χ2n) is 8.24. The molecule has 1 aromatic rings. The molecule has 0 unspecified atom stereocenters. The summed E-state index contributed by atoms with van der Waals surface area (Å²) >= 11 is 1.16. The first-order valence-corrected chi connectivity index (χ1v) is 11.9. The topological polar surface area (TPSA) is 211 Å². The number of hydrogen-bond acceptors (Lipinski definition) is 10. The second-order valence-corrected chi connectivity index (χ2v) is 9.35. The van der Waals surface area contributed by atoms with E-state index in [0.29, 0.717) is 12.8 Å². The van der Waals surface area contributed by atoms with Crippen molar-refractivity contribution in [1.29, 1.82) is 0 Å². The fourth-order valence-electron chi connectivity index (χ4n) is 4.20. The van der Waals surface area contributed by atoms with E-state index in [9.17, 15) is 34.2 Å². The summed E-state index contributed by atoms with van der Waals surface area (Å²) in [6.07, 6.45) is 1.89. The maximum Gasteiger partial charge on any atom is 0.404 e.